The first kappa shape index (κ1) is 19.9. The first-order valence-corrected chi connectivity index (χ1v) is 9.57. The van der Waals surface area contributed by atoms with Gasteiger partial charge in [0.25, 0.3) is 5.91 Å². The molecule has 28 heavy (non-hydrogen) atoms. The summed E-state index contributed by atoms with van der Waals surface area (Å²) in [6, 6.07) is 12.4. The summed E-state index contributed by atoms with van der Waals surface area (Å²) < 4.78 is 5.36. The molecule has 0 saturated carbocycles. The first-order valence-electron chi connectivity index (χ1n) is 9.57. The van der Waals surface area contributed by atoms with Crippen LogP contribution in [0.2, 0.25) is 0 Å². The smallest absolute Gasteiger partial charge is 0.335 e. The number of hydrogen-bond acceptors (Lipinski definition) is 4. The molecule has 1 fully saturated rings. The Bertz CT molecular complexity index is 865. The molecule has 2 N–H and O–H groups in total. The fourth-order valence-electron chi connectivity index (χ4n) is 3.75. The van der Waals surface area contributed by atoms with Gasteiger partial charge >= 0.3 is 5.97 Å². The molecule has 0 unspecified atom stereocenters. The summed E-state index contributed by atoms with van der Waals surface area (Å²) in [6.45, 7) is 4.89. The lowest BCUT2D eigenvalue weighted by molar-refractivity contribution is 0.0696. The zero-order valence-corrected chi connectivity index (χ0v) is 16.3. The van der Waals surface area contributed by atoms with Crippen LogP contribution in [0.1, 0.15) is 40.5 Å². The predicted octanol–water partition coefficient (Wildman–Crippen LogP) is 3.27. The van der Waals surface area contributed by atoms with E-state index in [0.29, 0.717) is 23.9 Å². The molecule has 3 rings (SSSR count). The summed E-state index contributed by atoms with van der Waals surface area (Å²) in [6.07, 6.45) is 2.29. The predicted molar refractivity (Wildman–Crippen MR) is 108 cm³/mol. The number of carboxylic acid groups (broad SMARTS) is 1. The van der Waals surface area contributed by atoms with Crippen molar-refractivity contribution >= 4 is 11.9 Å². The molecule has 2 aromatic rings. The zero-order chi connectivity index (χ0) is 20.1. The molecule has 1 aliphatic rings. The molecule has 1 aliphatic heterocycles. The SMILES string of the molecule is CCN1CCC[C@@H]1CNC(=O)c1cccc(-c2ccc(C(=O)O)cc2OC)c1. The molecule has 0 spiro atoms. The van der Waals surface area contributed by atoms with E-state index in [0.717, 1.165) is 30.6 Å². The van der Waals surface area contributed by atoms with Gasteiger partial charge in [-0.3, -0.25) is 9.69 Å². The van der Waals surface area contributed by atoms with Crippen LogP contribution in [0, 0.1) is 0 Å². The number of carbonyl (C=O) groups excluding carboxylic acids is 1. The first-order chi connectivity index (χ1) is 13.5. The topological polar surface area (TPSA) is 78.9 Å². The molecule has 1 saturated heterocycles. The minimum Gasteiger partial charge on any atom is -0.496 e. The van der Waals surface area contributed by atoms with E-state index >= 15 is 0 Å². The van der Waals surface area contributed by atoms with Crippen molar-refractivity contribution < 1.29 is 19.4 Å². The number of methoxy groups -OCH3 is 1. The third-order valence-electron chi connectivity index (χ3n) is 5.29. The number of hydrogen-bond donors (Lipinski definition) is 2. The van der Waals surface area contributed by atoms with Crippen LogP contribution in [0.4, 0.5) is 0 Å². The number of aromatic carboxylic acids is 1. The third-order valence-corrected chi connectivity index (χ3v) is 5.29. The van der Waals surface area contributed by atoms with E-state index in [2.05, 4.69) is 17.1 Å². The van der Waals surface area contributed by atoms with Gasteiger partial charge in [-0.25, -0.2) is 4.79 Å². The lowest BCUT2D eigenvalue weighted by atomic mass is 10.00. The second-order valence-corrected chi connectivity index (χ2v) is 6.94. The molecule has 148 valence electrons. The van der Waals surface area contributed by atoms with E-state index in [1.807, 2.05) is 12.1 Å². The fourth-order valence-corrected chi connectivity index (χ4v) is 3.75. The van der Waals surface area contributed by atoms with Crippen LogP contribution in [0.15, 0.2) is 42.5 Å². The maximum Gasteiger partial charge on any atom is 0.335 e. The van der Waals surface area contributed by atoms with Gasteiger partial charge in [0.05, 0.1) is 12.7 Å². The Kier molecular flexibility index (Phi) is 6.31. The highest BCUT2D eigenvalue weighted by Crippen LogP contribution is 2.31. The van der Waals surface area contributed by atoms with Gasteiger partial charge in [0, 0.05) is 23.7 Å². The average molecular weight is 382 g/mol. The van der Waals surface area contributed by atoms with Crippen LogP contribution in [0.5, 0.6) is 5.75 Å². The number of carboxylic acids is 1. The second-order valence-electron chi connectivity index (χ2n) is 6.94. The van der Waals surface area contributed by atoms with Crippen LogP contribution < -0.4 is 10.1 Å². The monoisotopic (exact) mass is 382 g/mol. The highest BCUT2D eigenvalue weighted by atomic mass is 16.5. The van der Waals surface area contributed by atoms with E-state index in [1.54, 1.807) is 18.2 Å². The summed E-state index contributed by atoms with van der Waals surface area (Å²) in [5.41, 5.74) is 2.28. The highest BCUT2D eigenvalue weighted by Gasteiger charge is 2.23. The van der Waals surface area contributed by atoms with Gasteiger partial charge < -0.3 is 15.2 Å². The zero-order valence-electron chi connectivity index (χ0n) is 16.3. The van der Waals surface area contributed by atoms with Gasteiger partial charge in [0.2, 0.25) is 0 Å². The highest BCUT2D eigenvalue weighted by molar-refractivity contribution is 5.96. The number of amides is 1. The Morgan fingerprint density at radius 2 is 2.04 bits per heavy atom. The van der Waals surface area contributed by atoms with Gasteiger partial charge in [-0.05, 0) is 61.8 Å². The molecule has 6 nitrogen and oxygen atoms in total. The average Bonchev–Trinajstić information content (AvgIpc) is 3.19. The quantitative estimate of drug-likeness (QED) is 0.768. The van der Waals surface area contributed by atoms with Crippen LogP contribution >= 0.6 is 0 Å². The van der Waals surface area contributed by atoms with Crippen molar-refractivity contribution in [2.45, 2.75) is 25.8 Å². The van der Waals surface area contributed by atoms with E-state index < -0.39 is 5.97 Å². The van der Waals surface area contributed by atoms with E-state index in [4.69, 9.17) is 9.84 Å². The number of carbonyl (C=O) groups is 2. The summed E-state index contributed by atoms with van der Waals surface area (Å²) in [4.78, 5) is 26.2. The Morgan fingerprint density at radius 1 is 1.21 bits per heavy atom. The lowest BCUT2D eigenvalue weighted by Crippen LogP contribution is -2.40. The van der Waals surface area contributed by atoms with Crippen LogP contribution in [0.25, 0.3) is 11.1 Å². The van der Waals surface area contributed by atoms with Crippen LogP contribution in [0.3, 0.4) is 0 Å². The third kappa shape index (κ3) is 4.34. The molecule has 1 atom stereocenters. The molecule has 6 heteroatoms. The van der Waals surface area contributed by atoms with Crippen LogP contribution in [-0.2, 0) is 0 Å². The maximum absolute atomic E-state index is 12.6. The molecule has 1 heterocycles. The number of likely N-dealkylation sites (tertiary alicyclic amines) is 1. The minimum absolute atomic E-state index is 0.106. The normalized spacial score (nSPS) is 16.7. The van der Waals surface area contributed by atoms with Gasteiger partial charge in [-0.1, -0.05) is 19.1 Å². The number of nitrogens with zero attached hydrogens (tertiary/aromatic N) is 1. The Labute approximate surface area is 165 Å². The van der Waals surface area contributed by atoms with E-state index in [1.165, 1.54) is 25.7 Å². The Hall–Kier alpha value is -2.86. The molecular formula is C22H26N2O4. The van der Waals surface area contributed by atoms with E-state index in [9.17, 15) is 9.59 Å². The van der Waals surface area contributed by atoms with Crippen molar-refractivity contribution in [3.63, 3.8) is 0 Å². The molecule has 0 radical (unpaired) electrons. The van der Waals surface area contributed by atoms with Crippen molar-refractivity contribution in [2.24, 2.45) is 0 Å². The summed E-state index contributed by atoms with van der Waals surface area (Å²) in [5.74, 6) is -0.654. The summed E-state index contributed by atoms with van der Waals surface area (Å²) in [7, 11) is 1.50. The van der Waals surface area contributed by atoms with Crippen molar-refractivity contribution in [3.8, 4) is 16.9 Å². The molecule has 0 bridgehead atoms. The van der Waals surface area contributed by atoms with Gasteiger partial charge in [-0.2, -0.15) is 0 Å². The number of likely N-dealkylation sites (N-methyl/N-ethyl adjacent to an activating group) is 1. The van der Waals surface area contributed by atoms with Gasteiger partial charge in [0.1, 0.15) is 5.75 Å². The molecule has 0 aromatic heterocycles. The van der Waals surface area contributed by atoms with Crippen molar-refractivity contribution in [2.75, 3.05) is 26.7 Å². The Morgan fingerprint density at radius 3 is 2.75 bits per heavy atom. The van der Waals surface area contributed by atoms with Crippen molar-refractivity contribution in [1.82, 2.24) is 10.2 Å². The number of benzene rings is 2. The molecular weight excluding hydrogens is 356 g/mol. The van der Waals surface area contributed by atoms with Crippen molar-refractivity contribution in [3.05, 3.63) is 53.6 Å². The number of nitrogens with one attached hydrogen (secondary N) is 1. The van der Waals surface area contributed by atoms with Gasteiger partial charge in [0.15, 0.2) is 0 Å². The Balaban J connectivity index is 1.77. The minimum atomic E-state index is -1.01. The molecule has 2 aromatic carbocycles. The molecule has 1 amide bonds. The van der Waals surface area contributed by atoms with Crippen LogP contribution in [-0.4, -0.2) is 54.7 Å². The maximum atomic E-state index is 12.6. The summed E-state index contributed by atoms with van der Waals surface area (Å²) >= 11 is 0. The summed E-state index contributed by atoms with van der Waals surface area (Å²) in [5, 5.41) is 12.2. The number of rotatable bonds is 7. The lowest BCUT2D eigenvalue weighted by Gasteiger charge is -2.22. The standard InChI is InChI=1S/C22H26N2O4/c1-3-24-11-5-8-18(24)14-23-21(25)16-7-4-6-15(12-16)19-10-9-17(22(26)27)13-20(19)28-2/h4,6-7,9-10,12-13,18H,3,5,8,11,14H2,1-2H3,(H,23,25)(H,26,27)/t18-/m1/s1. The molecule has 0 aliphatic carbocycles. The largest absolute Gasteiger partial charge is 0.496 e. The number of ether oxygens (including phenoxy) is 1. The fraction of sp³-hybridized carbons (Fsp3) is 0.364. The van der Waals surface area contributed by atoms with Gasteiger partial charge in [-0.15, -0.1) is 0 Å². The second kappa shape index (κ2) is 8.89. The van der Waals surface area contributed by atoms with Crippen molar-refractivity contribution in [1.29, 1.82) is 0 Å². The van der Waals surface area contributed by atoms with E-state index in [-0.39, 0.29) is 11.5 Å².